The van der Waals surface area contributed by atoms with Crippen LogP contribution in [0.4, 0.5) is 0 Å². The molecule has 1 saturated heterocycles. The minimum atomic E-state index is -0.162. The quantitative estimate of drug-likeness (QED) is 0.766. The van der Waals surface area contributed by atoms with Crippen molar-refractivity contribution < 1.29 is 4.79 Å². The van der Waals surface area contributed by atoms with Gasteiger partial charge in [-0.2, -0.15) is 0 Å². The molecule has 1 aliphatic heterocycles. The molecule has 2 fully saturated rings. The number of carbonyl (C=O) groups is 1. The Hall–Kier alpha value is -0.880. The summed E-state index contributed by atoms with van der Waals surface area (Å²) in [5.41, 5.74) is -0.162. The van der Waals surface area contributed by atoms with Crippen LogP contribution in [0.25, 0.3) is 0 Å². The van der Waals surface area contributed by atoms with Gasteiger partial charge in [-0.3, -0.25) is 9.69 Å². The number of carbonyl (C=O) groups excluding carboxylic acids is 1. The zero-order valence-corrected chi connectivity index (χ0v) is 15.7. The number of rotatable bonds is 3. The summed E-state index contributed by atoms with van der Waals surface area (Å²) in [5, 5.41) is 7.46. The summed E-state index contributed by atoms with van der Waals surface area (Å²) in [6.45, 7) is 10.1. The normalized spacial score (nSPS) is 21.1. The molecule has 0 aromatic carbocycles. The molecule has 1 saturated carbocycles. The highest BCUT2D eigenvalue weighted by Gasteiger charge is 2.23. The molecule has 0 spiro atoms. The van der Waals surface area contributed by atoms with E-state index >= 15 is 0 Å². The lowest BCUT2D eigenvalue weighted by Crippen LogP contribution is -2.55. The molecule has 0 unspecified atom stereocenters. The van der Waals surface area contributed by atoms with Crippen molar-refractivity contribution >= 4 is 23.2 Å². The molecule has 6 heteroatoms. The first-order valence-corrected chi connectivity index (χ1v) is 9.33. The zero-order valence-electron chi connectivity index (χ0n) is 14.9. The minimum Gasteiger partial charge on any atom is -0.360 e. The van der Waals surface area contributed by atoms with Gasteiger partial charge in [-0.25, -0.2) is 0 Å². The van der Waals surface area contributed by atoms with Crippen LogP contribution in [0.15, 0.2) is 0 Å². The first-order chi connectivity index (χ1) is 10.8. The van der Waals surface area contributed by atoms with Crippen molar-refractivity contribution in [2.45, 2.75) is 64.5 Å². The maximum atomic E-state index is 12.0. The fourth-order valence-electron chi connectivity index (χ4n) is 3.28. The van der Waals surface area contributed by atoms with E-state index in [-0.39, 0.29) is 11.4 Å². The molecular weight excluding hydrogens is 308 g/mol. The lowest BCUT2D eigenvalue weighted by Gasteiger charge is -2.37. The van der Waals surface area contributed by atoms with Gasteiger partial charge in [-0.15, -0.1) is 0 Å². The molecule has 132 valence electrons. The highest BCUT2D eigenvalue weighted by atomic mass is 32.1. The van der Waals surface area contributed by atoms with Gasteiger partial charge in [-0.1, -0.05) is 19.3 Å². The number of thiocarbonyl (C=S) groups is 1. The zero-order chi connectivity index (χ0) is 16.9. The summed E-state index contributed by atoms with van der Waals surface area (Å²) >= 11 is 5.57. The molecule has 0 aromatic heterocycles. The minimum absolute atomic E-state index is 0.105. The van der Waals surface area contributed by atoms with Crippen molar-refractivity contribution in [1.29, 1.82) is 0 Å². The summed E-state index contributed by atoms with van der Waals surface area (Å²) in [4.78, 5) is 16.5. The van der Waals surface area contributed by atoms with Crippen LogP contribution in [0.5, 0.6) is 0 Å². The van der Waals surface area contributed by atoms with E-state index in [1.54, 1.807) is 0 Å². The third-order valence-corrected chi connectivity index (χ3v) is 4.85. The van der Waals surface area contributed by atoms with Gasteiger partial charge >= 0.3 is 0 Å². The van der Waals surface area contributed by atoms with E-state index in [0.717, 1.165) is 31.3 Å². The molecule has 1 amide bonds. The first-order valence-electron chi connectivity index (χ1n) is 8.92. The number of hydrogen-bond donors (Lipinski definition) is 2. The van der Waals surface area contributed by atoms with Crippen LogP contribution < -0.4 is 10.6 Å². The lowest BCUT2D eigenvalue weighted by atomic mass is 9.96. The molecule has 1 aliphatic carbocycles. The highest BCUT2D eigenvalue weighted by Crippen LogP contribution is 2.17. The van der Waals surface area contributed by atoms with Gasteiger partial charge in [0.05, 0.1) is 6.54 Å². The smallest absolute Gasteiger partial charge is 0.234 e. The molecule has 0 radical (unpaired) electrons. The molecule has 23 heavy (non-hydrogen) atoms. The molecule has 0 bridgehead atoms. The van der Waals surface area contributed by atoms with Crippen molar-refractivity contribution in [3.05, 3.63) is 0 Å². The average molecular weight is 341 g/mol. The van der Waals surface area contributed by atoms with E-state index < -0.39 is 0 Å². The van der Waals surface area contributed by atoms with E-state index in [1.807, 2.05) is 20.8 Å². The summed E-state index contributed by atoms with van der Waals surface area (Å²) in [6.07, 6.45) is 6.48. The van der Waals surface area contributed by atoms with E-state index in [0.29, 0.717) is 12.6 Å². The van der Waals surface area contributed by atoms with Gasteiger partial charge in [0.15, 0.2) is 5.11 Å². The largest absolute Gasteiger partial charge is 0.360 e. The van der Waals surface area contributed by atoms with Crippen LogP contribution in [0.1, 0.15) is 52.9 Å². The van der Waals surface area contributed by atoms with Gasteiger partial charge in [0, 0.05) is 37.8 Å². The summed E-state index contributed by atoms with van der Waals surface area (Å²) in [5.74, 6) is 0.105. The standard InChI is InChI=1S/C17H32N4OS/c1-17(2,3)19-15(22)13-20-9-11-21(12-10-20)16(23)18-14-7-5-4-6-8-14/h14H,4-13H2,1-3H3,(H,18,23)(H,19,22). The van der Waals surface area contributed by atoms with E-state index in [4.69, 9.17) is 12.2 Å². The Balaban J connectivity index is 1.68. The fourth-order valence-corrected chi connectivity index (χ4v) is 3.63. The van der Waals surface area contributed by atoms with Gasteiger partial charge in [0.25, 0.3) is 0 Å². The molecule has 0 aromatic rings. The van der Waals surface area contributed by atoms with Crippen molar-refractivity contribution in [1.82, 2.24) is 20.4 Å². The molecule has 1 heterocycles. The number of piperazine rings is 1. The third kappa shape index (κ3) is 6.63. The van der Waals surface area contributed by atoms with Crippen molar-refractivity contribution in [3.63, 3.8) is 0 Å². The van der Waals surface area contributed by atoms with Crippen LogP contribution in [0, 0.1) is 0 Å². The Morgan fingerprint density at radius 2 is 1.70 bits per heavy atom. The molecular formula is C17H32N4OS. The first kappa shape index (κ1) is 18.5. The van der Waals surface area contributed by atoms with Crippen molar-refractivity contribution in [2.75, 3.05) is 32.7 Å². The van der Waals surface area contributed by atoms with Gasteiger partial charge < -0.3 is 15.5 Å². The number of hydrogen-bond acceptors (Lipinski definition) is 3. The van der Waals surface area contributed by atoms with Crippen LogP contribution >= 0.6 is 12.2 Å². The van der Waals surface area contributed by atoms with Crippen molar-refractivity contribution in [3.8, 4) is 0 Å². The molecule has 0 atom stereocenters. The number of amides is 1. The Morgan fingerprint density at radius 1 is 1.09 bits per heavy atom. The van der Waals surface area contributed by atoms with Crippen LogP contribution in [-0.2, 0) is 4.79 Å². The predicted octanol–water partition coefficient (Wildman–Crippen LogP) is 1.73. The maximum absolute atomic E-state index is 12.0. The van der Waals surface area contributed by atoms with E-state index in [9.17, 15) is 4.79 Å². The molecule has 2 rings (SSSR count). The summed E-state index contributed by atoms with van der Waals surface area (Å²) in [6, 6.07) is 0.562. The molecule has 2 aliphatic rings. The maximum Gasteiger partial charge on any atom is 0.234 e. The van der Waals surface area contributed by atoms with Gasteiger partial charge in [0.2, 0.25) is 5.91 Å². The fraction of sp³-hybridized carbons (Fsp3) is 0.882. The predicted molar refractivity (Wildman–Crippen MR) is 98.5 cm³/mol. The second-order valence-corrected chi connectivity index (χ2v) is 8.23. The Bertz CT molecular complexity index is 407. The topological polar surface area (TPSA) is 47.6 Å². The highest BCUT2D eigenvalue weighted by molar-refractivity contribution is 7.80. The number of nitrogens with one attached hydrogen (secondary N) is 2. The molecule has 2 N–H and O–H groups in total. The number of nitrogens with zero attached hydrogens (tertiary/aromatic N) is 2. The average Bonchev–Trinajstić information content (AvgIpc) is 2.47. The third-order valence-electron chi connectivity index (χ3n) is 4.47. The Kier molecular flexibility index (Phi) is 6.65. The molecule has 5 nitrogen and oxygen atoms in total. The lowest BCUT2D eigenvalue weighted by molar-refractivity contribution is -0.123. The SMILES string of the molecule is CC(C)(C)NC(=O)CN1CCN(C(=S)NC2CCCCC2)CC1. The Labute approximate surface area is 146 Å². The second kappa shape index (κ2) is 8.29. The van der Waals surface area contributed by atoms with Crippen LogP contribution in [0.2, 0.25) is 0 Å². The monoisotopic (exact) mass is 340 g/mol. The van der Waals surface area contributed by atoms with E-state index in [1.165, 1.54) is 32.1 Å². The second-order valence-electron chi connectivity index (χ2n) is 7.85. The summed E-state index contributed by atoms with van der Waals surface area (Å²) in [7, 11) is 0. The van der Waals surface area contributed by atoms with Crippen LogP contribution in [0.3, 0.4) is 0 Å². The van der Waals surface area contributed by atoms with Gasteiger partial charge in [0.1, 0.15) is 0 Å². The van der Waals surface area contributed by atoms with Crippen LogP contribution in [-0.4, -0.2) is 65.1 Å². The van der Waals surface area contributed by atoms with Gasteiger partial charge in [-0.05, 0) is 45.8 Å². The Morgan fingerprint density at radius 3 is 2.26 bits per heavy atom. The van der Waals surface area contributed by atoms with E-state index in [2.05, 4.69) is 20.4 Å². The van der Waals surface area contributed by atoms with Crippen molar-refractivity contribution in [2.24, 2.45) is 0 Å². The summed E-state index contributed by atoms with van der Waals surface area (Å²) < 4.78 is 0.